The smallest absolute Gasteiger partial charge is 0.276 e. The highest BCUT2D eigenvalue weighted by molar-refractivity contribution is 7.89. The molecule has 0 saturated carbocycles. The van der Waals surface area contributed by atoms with Gasteiger partial charge in [0.25, 0.3) is 10.0 Å². The number of nitrogens with zero attached hydrogens (tertiary/aromatic N) is 1. The van der Waals surface area contributed by atoms with E-state index >= 15 is 0 Å². The van der Waals surface area contributed by atoms with Gasteiger partial charge < -0.3 is 4.74 Å². The highest BCUT2D eigenvalue weighted by Crippen LogP contribution is 2.30. The largest absolute Gasteiger partial charge is 0.496 e. The van der Waals surface area contributed by atoms with Crippen LogP contribution >= 0.6 is 11.6 Å². The molecule has 0 saturated heterocycles. The minimum Gasteiger partial charge on any atom is -0.496 e. The molecule has 0 amide bonds. The Labute approximate surface area is 169 Å². The number of halogens is 1. The predicted octanol–water partition coefficient (Wildman–Crippen LogP) is 4.64. The van der Waals surface area contributed by atoms with Gasteiger partial charge in [0.2, 0.25) is 0 Å². The van der Waals surface area contributed by atoms with Crippen LogP contribution < -0.4 is 9.57 Å². The van der Waals surface area contributed by atoms with Crippen molar-refractivity contribution in [3.05, 3.63) is 82.9 Å². The Kier molecular flexibility index (Phi) is 6.02. The van der Waals surface area contributed by atoms with E-state index in [4.69, 9.17) is 16.3 Å². The number of aryl methyl sites for hydroxylation is 1. The Balaban J connectivity index is 1.79. The zero-order valence-electron chi connectivity index (χ0n) is 15.4. The molecular formula is C21H19ClN2O3S. The van der Waals surface area contributed by atoms with Crippen molar-refractivity contribution in [2.75, 3.05) is 7.11 Å². The lowest BCUT2D eigenvalue weighted by atomic mass is 10.0. The molecule has 7 heteroatoms. The van der Waals surface area contributed by atoms with Gasteiger partial charge in [0.15, 0.2) is 0 Å². The van der Waals surface area contributed by atoms with E-state index in [-0.39, 0.29) is 4.90 Å². The van der Waals surface area contributed by atoms with Gasteiger partial charge in [-0.15, -0.1) is 0 Å². The van der Waals surface area contributed by atoms with Crippen LogP contribution in [0.4, 0.5) is 0 Å². The standard InChI is InChI=1S/C21H19ClN2O3S/c1-15-3-6-17(7-4-15)20-12-5-16(13-21(20)27-2)14-23-24-28(25,26)19-10-8-18(22)9-11-19/h3-14,24H,1-2H3. The third kappa shape index (κ3) is 4.71. The molecule has 3 aromatic carbocycles. The second kappa shape index (κ2) is 8.46. The molecule has 0 atom stereocenters. The molecule has 3 rings (SSSR count). The first kappa shape index (κ1) is 19.9. The normalized spacial score (nSPS) is 11.5. The molecular weight excluding hydrogens is 396 g/mol. The number of nitrogens with one attached hydrogen (secondary N) is 1. The van der Waals surface area contributed by atoms with Crippen LogP contribution in [0, 0.1) is 6.92 Å². The summed E-state index contributed by atoms with van der Waals surface area (Å²) in [6.45, 7) is 2.03. The third-order valence-electron chi connectivity index (χ3n) is 4.10. The molecule has 0 bridgehead atoms. The quantitative estimate of drug-likeness (QED) is 0.472. The number of hydrogen-bond donors (Lipinski definition) is 1. The fraction of sp³-hybridized carbons (Fsp3) is 0.0952. The van der Waals surface area contributed by atoms with Crippen molar-refractivity contribution in [1.29, 1.82) is 0 Å². The van der Waals surface area contributed by atoms with Gasteiger partial charge in [-0.1, -0.05) is 53.6 Å². The van der Waals surface area contributed by atoms with Crippen LogP contribution in [0.2, 0.25) is 5.02 Å². The minimum atomic E-state index is -3.76. The van der Waals surface area contributed by atoms with Crippen LogP contribution in [0.25, 0.3) is 11.1 Å². The van der Waals surface area contributed by atoms with Crippen molar-refractivity contribution in [2.24, 2.45) is 5.10 Å². The molecule has 3 aromatic rings. The fourth-order valence-electron chi connectivity index (χ4n) is 2.60. The second-order valence-electron chi connectivity index (χ2n) is 6.13. The van der Waals surface area contributed by atoms with E-state index in [0.717, 1.165) is 11.1 Å². The first-order chi connectivity index (χ1) is 13.4. The molecule has 0 aromatic heterocycles. The van der Waals surface area contributed by atoms with Crippen molar-refractivity contribution in [1.82, 2.24) is 4.83 Å². The Bertz CT molecular complexity index is 1090. The topological polar surface area (TPSA) is 67.8 Å². The van der Waals surface area contributed by atoms with E-state index in [1.54, 1.807) is 13.2 Å². The van der Waals surface area contributed by atoms with Gasteiger partial charge in [-0.2, -0.15) is 13.5 Å². The Morgan fingerprint density at radius 1 is 1.00 bits per heavy atom. The molecule has 0 aliphatic carbocycles. The maximum atomic E-state index is 12.2. The highest BCUT2D eigenvalue weighted by Gasteiger charge is 2.12. The third-order valence-corrected chi connectivity index (χ3v) is 5.59. The van der Waals surface area contributed by atoms with Crippen molar-refractivity contribution in [3.8, 4) is 16.9 Å². The second-order valence-corrected chi connectivity index (χ2v) is 8.23. The number of rotatable bonds is 6. The summed E-state index contributed by atoms with van der Waals surface area (Å²) in [5, 5.41) is 4.31. The van der Waals surface area contributed by atoms with Crippen molar-refractivity contribution >= 4 is 27.8 Å². The number of ether oxygens (including phenoxy) is 1. The number of sulfonamides is 1. The molecule has 0 fully saturated rings. The summed E-state index contributed by atoms with van der Waals surface area (Å²) in [5.41, 5.74) is 3.86. The van der Waals surface area contributed by atoms with E-state index < -0.39 is 10.0 Å². The lowest BCUT2D eigenvalue weighted by Crippen LogP contribution is -2.18. The van der Waals surface area contributed by atoms with Gasteiger partial charge in [-0.05, 0) is 48.4 Å². The zero-order chi connectivity index (χ0) is 20.1. The van der Waals surface area contributed by atoms with Crippen LogP contribution in [0.15, 0.2) is 76.7 Å². The zero-order valence-corrected chi connectivity index (χ0v) is 17.0. The van der Waals surface area contributed by atoms with E-state index in [9.17, 15) is 8.42 Å². The first-order valence-electron chi connectivity index (χ1n) is 8.44. The molecule has 5 nitrogen and oxygen atoms in total. The highest BCUT2D eigenvalue weighted by atomic mass is 35.5. The number of hydrogen-bond acceptors (Lipinski definition) is 4. The minimum absolute atomic E-state index is 0.0846. The summed E-state index contributed by atoms with van der Waals surface area (Å²) in [5.74, 6) is 0.674. The monoisotopic (exact) mass is 414 g/mol. The maximum Gasteiger partial charge on any atom is 0.276 e. The average molecular weight is 415 g/mol. The van der Waals surface area contributed by atoms with Crippen molar-refractivity contribution in [2.45, 2.75) is 11.8 Å². The number of benzene rings is 3. The average Bonchev–Trinajstić information content (AvgIpc) is 2.69. The summed E-state index contributed by atoms with van der Waals surface area (Å²) < 4.78 is 29.9. The van der Waals surface area contributed by atoms with E-state index in [2.05, 4.69) is 9.93 Å². The summed E-state index contributed by atoms with van der Waals surface area (Å²) in [7, 11) is -2.16. The van der Waals surface area contributed by atoms with Crippen LogP contribution in [0.1, 0.15) is 11.1 Å². The summed E-state index contributed by atoms with van der Waals surface area (Å²) in [6, 6.07) is 19.5. The van der Waals surface area contributed by atoms with Gasteiger partial charge in [-0.3, -0.25) is 0 Å². The van der Waals surface area contributed by atoms with Crippen LogP contribution in [0.5, 0.6) is 5.75 Å². The number of methoxy groups -OCH3 is 1. The van der Waals surface area contributed by atoms with Crippen LogP contribution in [-0.4, -0.2) is 21.7 Å². The lowest BCUT2D eigenvalue weighted by molar-refractivity contribution is 0.416. The predicted molar refractivity (Wildman–Crippen MR) is 113 cm³/mol. The van der Waals surface area contributed by atoms with E-state index in [0.29, 0.717) is 16.3 Å². The van der Waals surface area contributed by atoms with Gasteiger partial charge in [-0.25, -0.2) is 4.83 Å². The molecule has 0 aliphatic rings. The molecule has 0 spiro atoms. The van der Waals surface area contributed by atoms with Crippen LogP contribution in [-0.2, 0) is 10.0 Å². The molecule has 0 heterocycles. The van der Waals surface area contributed by atoms with Gasteiger partial charge in [0, 0.05) is 10.6 Å². The number of hydrazone groups is 1. The van der Waals surface area contributed by atoms with E-state index in [1.165, 1.54) is 36.0 Å². The SMILES string of the molecule is COc1cc(C=NNS(=O)(=O)c2ccc(Cl)cc2)ccc1-c1ccc(C)cc1. The molecule has 28 heavy (non-hydrogen) atoms. The van der Waals surface area contributed by atoms with Crippen molar-refractivity contribution < 1.29 is 13.2 Å². The Morgan fingerprint density at radius 2 is 1.68 bits per heavy atom. The molecule has 0 unspecified atom stereocenters. The van der Waals surface area contributed by atoms with Gasteiger partial charge in [0.1, 0.15) is 5.75 Å². The van der Waals surface area contributed by atoms with E-state index in [1.807, 2.05) is 43.3 Å². The molecule has 0 radical (unpaired) electrons. The Morgan fingerprint density at radius 3 is 2.32 bits per heavy atom. The summed E-state index contributed by atoms with van der Waals surface area (Å²) in [6.07, 6.45) is 1.43. The maximum absolute atomic E-state index is 12.2. The van der Waals surface area contributed by atoms with Gasteiger partial charge in [0.05, 0.1) is 18.2 Å². The summed E-state index contributed by atoms with van der Waals surface area (Å²) >= 11 is 5.78. The lowest BCUT2D eigenvalue weighted by Gasteiger charge is -2.10. The van der Waals surface area contributed by atoms with Gasteiger partial charge >= 0.3 is 0 Å². The molecule has 1 N–H and O–H groups in total. The van der Waals surface area contributed by atoms with Crippen LogP contribution in [0.3, 0.4) is 0 Å². The summed E-state index contributed by atoms with van der Waals surface area (Å²) in [4.78, 5) is 2.28. The Hall–Kier alpha value is -2.83. The van der Waals surface area contributed by atoms with Crippen molar-refractivity contribution in [3.63, 3.8) is 0 Å². The molecule has 144 valence electrons. The fourth-order valence-corrected chi connectivity index (χ4v) is 3.51. The first-order valence-corrected chi connectivity index (χ1v) is 10.3. The molecule has 0 aliphatic heterocycles.